The molecule has 8 unspecified atom stereocenters. The van der Waals surface area contributed by atoms with Crippen LogP contribution in [0.2, 0.25) is 0 Å². The topological polar surface area (TPSA) is 79.8 Å². The molecule has 0 radical (unpaired) electrons. The predicted octanol–water partition coefficient (Wildman–Crippen LogP) is 8.59. The van der Waals surface area contributed by atoms with Crippen molar-refractivity contribution in [1.29, 1.82) is 0 Å². The van der Waals surface area contributed by atoms with Gasteiger partial charge in [-0.15, -0.1) is 0 Å². The lowest BCUT2D eigenvalue weighted by Crippen LogP contribution is -2.59. The second-order valence-corrected chi connectivity index (χ2v) is 24.1. The number of ether oxygens (including phenoxy) is 1. The van der Waals surface area contributed by atoms with Gasteiger partial charge in [0.05, 0.1) is 30.5 Å². The lowest BCUT2D eigenvalue weighted by atomic mass is 9.44. The molecule has 8 aliphatic carbocycles. The van der Waals surface area contributed by atoms with Crippen molar-refractivity contribution in [3.8, 4) is 0 Å². The highest BCUT2D eigenvalue weighted by Gasteiger charge is 2.66. The van der Waals surface area contributed by atoms with Crippen LogP contribution in [-0.2, 0) is 9.53 Å². The van der Waals surface area contributed by atoms with Gasteiger partial charge < -0.3 is 14.9 Å². The van der Waals surface area contributed by atoms with Gasteiger partial charge in [-0.25, -0.2) is 0 Å². The van der Waals surface area contributed by atoms with E-state index in [2.05, 4.69) is 42.4 Å². The van der Waals surface area contributed by atoms with E-state index in [4.69, 9.17) is 4.74 Å². The fourth-order valence-corrected chi connectivity index (χ4v) is 18.8. The van der Waals surface area contributed by atoms with E-state index in [1.807, 2.05) is 0 Å². The molecule has 4 aliphatic heterocycles. The van der Waals surface area contributed by atoms with Crippen molar-refractivity contribution in [3.63, 3.8) is 0 Å². The molecule has 2 N–H and O–H groups in total. The molecule has 0 aromatic rings. The van der Waals surface area contributed by atoms with E-state index >= 15 is 0 Å². The van der Waals surface area contributed by atoms with Crippen molar-refractivity contribution in [1.82, 2.24) is 14.7 Å². The van der Waals surface area contributed by atoms with Crippen LogP contribution in [0.3, 0.4) is 0 Å². The lowest BCUT2D eigenvalue weighted by molar-refractivity contribution is -0.152. The van der Waals surface area contributed by atoms with Gasteiger partial charge in [0.15, 0.2) is 5.78 Å². The highest BCUT2D eigenvalue weighted by molar-refractivity contribution is 5.92. The van der Waals surface area contributed by atoms with Crippen LogP contribution in [0, 0.1) is 69.0 Å². The number of ketones is 1. The number of aliphatic hydroxyl groups is 2. The molecule has 328 valence electrons. The number of hydrogen-bond acceptors (Lipinski definition) is 7. The third-order valence-corrected chi connectivity index (χ3v) is 22.1. The van der Waals surface area contributed by atoms with E-state index in [0.717, 1.165) is 55.5 Å². The standard InChI is InChI=1S/C27H46N2O2.C23H35NO2.CH4/c1-26-10-9-20-19(21(26)16-22(25(26)31)28-11-3-4-12-28)8-7-18-15-24(30)23(17-27(18,20)2)29-13-5-6-14-29;1-22-8-7-16-15(6-5-14-11-19-20(26-19)13-23(14,16)2)17(22)12-18(21(22)25)24-9-3-4-10-24;/h18-25,30-31H,3-17H2,1-2H3;14-20H,3-13H2,1-2H3;1H4/t18?,19?,20?,21?,22-,23-,24-,25-,26-,27-;14?,15?,16?,17?,18-,19+,20-,22+,23+;/m01./s1. The first-order chi connectivity index (χ1) is 27.4. The van der Waals surface area contributed by atoms with Crippen LogP contribution in [0.1, 0.15) is 164 Å². The van der Waals surface area contributed by atoms with Gasteiger partial charge in [-0.3, -0.25) is 19.5 Å². The monoisotopic (exact) mass is 804 g/mol. The van der Waals surface area contributed by atoms with Crippen molar-refractivity contribution in [2.75, 3.05) is 39.3 Å². The molecule has 12 rings (SSSR count). The summed E-state index contributed by atoms with van der Waals surface area (Å²) in [5.41, 5.74) is 0.967. The first kappa shape index (κ1) is 41.4. The summed E-state index contributed by atoms with van der Waals surface area (Å²) in [5.74, 6) is 6.76. The summed E-state index contributed by atoms with van der Waals surface area (Å²) in [6.07, 6.45) is 26.4. The quantitative estimate of drug-likeness (QED) is 0.277. The van der Waals surface area contributed by atoms with Gasteiger partial charge in [0.2, 0.25) is 0 Å². The number of likely N-dealkylation sites (tertiary alicyclic amines) is 3. The van der Waals surface area contributed by atoms with E-state index in [-0.39, 0.29) is 36.5 Å². The molecule has 0 amide bonds. The fourth-order valence-electron chi connectivity index (χ4n) is 18.8. The summed E-state index contributed by atoms with van der Waals surface area (Å²) < 4.78 is 5.96. The Kier molecular flexibility index (Phi) is 10.7. The number of carbonyl (C=O) groups excluding carboxylic acids is 1. The summed E-state index contributed by atoms with van der Waals surface area (Å²) in [6, 6.07) is 1.05. The first-order valence-electron chi connectivity index (χ1n) is 25.2. The lowest BCUT2D eigenvalue weighted by Gasteiger charge is -2.62. The van der Waals surface area contributed by atoms with Crippen molar-refractivity contribution >= 4 is 5.78 Å². The van der Waals surface area contributed by atoms with Crippen LogP contribution in [0.4, 0.5) is 0 Å². The molecule has 4 heterocycles. The molecular formula is C51H85N3O4. The number of rotatable bonds is 3. The third kappa shape index (κ3) is 6.22. The Morgan fingerprint density at radius 1 is 0.552 bits per heavy atom. The van der Waals surface area contributed by atoms with Gasteiger partial charge in [-0.1, -0.05) is 35.1 Å². The van der Waals surface area contributed by atoms with Crippen LogP contribution in [0.15, 0.2) is 0 Å². The Balaban J connectivity index is 0.000000140. The molecule has 12 fully saturated rings. The van der Waals surface area contributed by atoms with Crippen LogP contribution in [-0.4, -0.2) is 113 Å². The summed E-state index contributed by atoms with van der Waals surface area (Å²) in [4.78, 5) is 21.3. The predicted molar refractivity (Wildman–Crippen MR) is 231 cm³/mol. The largest absolute Gasteiger partial charge is 0.391 e. The zero-order valence-electron chi connectivity index (χ0n) is 36.6. The van der Waals surface area contributed by atoms with Crippen molar-refractivity contribution in [2.45, 2.75) is 206 Å². The smallest absolute Gasteiger partial charge is 0.156 e. The maximum absolute atomic E-state index is 13.5. The number of carbonyl (C=O) groups is 1. The summed E-state index contributed by atoms with van der Waals surface area (Å²) in [5, 5.41) is 22.6. The number of epoxide rings is 1. The minimum Gasteiger partial charge on any atom is -0.391 e. The van der Waals surface area contributed by atoms with E-state index in [9.17, 15) is 15.0 Å². The van der Waals surface area contributed by atoms with Gasteiger partial charge in [-0.05, 0) is 231 Å². The number of Topliss-reactive ketones (excluding diaryl/α,β-unsaturated/α-hetero) is 1. The molecule has 0 bridgehead atoms. The molecule has 0 aromatic heterocycles. The number of fused-ring (bicyclic) bond motifs is 11. The Morgan fingerprint density at radius 3 is 1.76 bits per heavy atom. The molecule has 7 heteroatoms. The SMILES string of the molecule is C.C[C@]12C[C@H](N3CCCC3)[C@@H](O)CC1CCC1C2CC[C@@]2(C)C1C[C@H](N1CCCC1)[C@@H]2O.C[C@]12C[C@H]3O[C@H]3CC1CCC1C2CC[C@]2(C)C(=O)[C@H](N3CCCC3)CC12. The first-order valence-corrected chi connectivity index (χ1v) is 25.2. The Labute approximate surface area is 353 Å². The summed E-state index contributed by atoms with van der Waals surface area (Å²) in [7, 11) is 0. The second-order valence-electron chi connectivity index (χ2n) is 24.1. The van der Waals surface area contributed by atoms with Crippen molar-refractivity contribution in [3.05, 3.63) is 0 Å². The van der Waals surface area contributed by atoms with Crippen LogP contribution < -0.4 is 0 Å². The van der Waals surface area contributed by atoms with Crippen molar-refractivity contribution < 1.29 is 19.7 Å². The van der Waals surface area contributed by atoms with Gasteiger partial charge in [0.25, 0.3) is 0 Å². The molecule has 8 saturated carbocycles. The maximum Gasteiger partial charge on any atom is 0.156 e. The zero-order chi connectivity index (χ0) is 39.1. The zero-order valence-corrected chi connectivity index (χ0v) is 36.6. The van der Waals surface area contributed by atoms with Gasteiger partial charge in [0.1, 0.15) is 0 Å². The summed E-state index contributed by atoms with van der Waals surface area (Å²) >= 11 is 0. The highest BCUT2D eigenvalue weighted by atomic mass is 16.6. The number of aliphatic hydroxyl groups excluding tert-OH is 2. The minimum absolute atomic E-state index is 0. The Hall–Kier alpha value is -0.570. The molecule has 4 saturated heterocycles. The Morgan fingerprint density at radius 2 is 1.10 bits per heavy atom. The van der Waals surface area contributed by atoms with Gasteiger partial charge in [0, 0.05) is 17.5 Å². The van der Waals surface area contributed by atoms with Gasteiger partial charge in [-0.2, -0.15) is 0 Å². The van der Waals surface area contributed by atoms with Crippen molar-refractivity contribution in [2.24, 2.45) is 69.0 Å². The van der Waals surface area contributed by atoms with Crippen LogP contribution in [0.25, 0.3) is 0 Å². The number of nitrogens with zero attached hydrogens (tertiary/aromatic N) is 3. The third-order valence-electron chi connectivity index (χ3n) is 22.1. The molecule has 19 atom stereocenters. The van der Waals surface area contributed by atoms with E-state index < -0.39 is 0 Å². The molecule has 58 heavy (non-hydrogen) atoms. The Bertz CT molecular complexity index is 1520. The molecule has 0 spiro atoms. The average Bonchev–Trinajstić information content (AvgIpc) is 3.86. The summed E-state index contributed by atoms with van der Waals surface area (Å²) in [6.45, 7) is 17.1. The normalized spacial score (nSPS) is 56.1. The molecule has 0 aromatic carbocycles. The second kappa shape index (κ2) is 15.0. The van der Waals surface area contributed by atoms with Crippen LogP contribution >= 0.6 is 0 Å². The van der Waals surface area contributed by atoms with E-state index in [0.29, 0.717) is 58.7 Å². The molecule has 12 aliphatic rings. The van der Waals surface area contributed by atoms with E-state index in [1.54, 1.807) is 0 Å². The number of hydrogen-bond donors (Lipinski definition) is 2. The van der Waals surface area contributed by atoms with E-state index in [1.165, 1.54) is 142 Å². The fraction of sp³-hybridized carbons (Fsp3) is 0.980. The average molecular weight is 804 g/mol. The highest BCUT2D eigenvalue weighted by Crippen LogP contribution is 2.69. The maximum atomic E-state index is 13.5. The molecular weight excluding hydrogens is 719 g/mol. The minimum atomic E-state index is -0.132. The van der Waals surface area contributed by atoms with Crippen LogP contribution in [0.5, 0.6) is 0 Å². The van der Waals surface area contributed by atoms with Gasteiger partial charge >= 0.3 is 0 Å². The molecule has 7 nitrogen and oxygen atoms in total.